The molecule has 3 aromatic heterocycles. The van der Waals surface area contributed by atoms with Crippen molar-refractivity contribution in [3.63, 3.8) is 0 Å². The van der Waals surface area contributed by atoms with E-state index in [1.807, 2.05) is 49.5 Å². The van der Waals surface area contributed by atoms with Crippen molar-refractivity contribution in [3.05, 3.63) is 66.2 Å². The molecule has 1 fully saturated rings. The van der Waals surface area contributed by atoms with Gasteiger partial charge >= 0.3 is 0 Å². The SMILES string of the molecule is CN(C)CCCC(=O)Nc1ccc(C(=O)N[C@H]2CCC[C@@H](Nc3ncc(C#N)c(-c4c[nH]c5ccccc45)n3)C2)nc1. The fourth-order valence-electron chi connectivity index (χ4n) is 5.28. The molecule has 2 amide bonds. The zero-order chi connectivity index (χ0) is 29.5. The Bertz CT molecular complexity index is 1590. The lowest BCUT2D eigenvalue weighted by molar-refractivity contribution is -0.116. The zero-order valence-corrected chi connectivity index (χ0v) is 23.9. The van der Waals surface area contributed by atoms with Crippen molar-refractivity contribution in [3.8, 4) is 17.3 Å². The van der Waals surface area contributed by atoms with Gasteiger partial charge in [-0.05, 0) is 70.9 Å². The van der Waals surface area contributed by atoms with Gasteiger partial charge in [0.05, 0.1) is 29.3 Å². The number of benzene rings is 1. The van der Waals surface area contributed by atoms with E-state index in [9.17, 15) is 14.9 Å². The highest BCUT2D eigenvalue weighted by Gasteiger charge is 2.25. The third kappa shape index (κ3) is 7.08. The van der Waals surface area contributed by atoms with Crippen molar-refractivity contribution >= 4 is 34.4 Å². The average Bonchev–Trinajstić information content (AvgIpc) is 3.41. The number of fused-ring (bicyclic) bond motifs is 1. The van der Waals surface area contributed by atoms with Crippen LogP contribution in [-0.2, 0) is 4.79 Å². The minimum Gasteiger partial charge on any atom is -0.360 e. The molecule has 216 valence electrons. The molecule has 0 bridgehead atoms. The van der Waals surface area contributed by atoms with Crippen molar-refractivity contribution in [2.24, 2.45) is 0 Å². The zero-order valence-electron chi connectivity index (χ0n) is 23.9. The molecule has 4 aromatic rings. The van der Waals surface area contributed by atoms with Gasteiger partial charge in [0.15, 0.2) is 0 Å². The monoisotopic (exact) mass is 565 g/mol. The maximum absolute atomic E-state index is 12.9. The number of hydrogen-bond donors (Lipinski definition) is 4. The number of anilines is 2. The van der Waals surface area contributed by atoms with Crippen molar-refractivity contribution in [1.82, 2.24) is 30.2 Å². The highest BCUT2D eigenvalue weighted by atomic mass is 16.2. The van der Waals surface area contributed by atoms with Gasteiger partial charge in [0, 0.05) is 41.2 Å². The quantitative estimate of drug-likeness (QED) is 0.222. The fourth-order valence-corrected chi connectivity index (χ4v) is 5.28. The molecule has 0 aliphatic heterocycles. The molecule has 1 aliphatic carbocycles. The van der Waals surface area contributed by atoms with Crippen LogP contribution in [0, 0.1) is 11.3 Å². The molecule has 0 saturated heterocycles. The van der Waals surface area contributed by atoms with Crippen LogP contribution in [0.3, 0.4) is 0 Å². The topological polar surface area (TPSA) is 152 Å². The van der Waals surface area contributed by atoms with E-state index < -0.39 is 0 Å². The second kappa shape index (κ2) is 13.2. The number of hydrogen-bond acceptors (Lipinski definition) is 8. The first-order valence-electron chi connectivity index (χ1n) is 14.2. The lowest BCUT2D eigenvalue weighted by Gasteiger charge is -2.30. The second-order valence-electron chi connectivity index (χ2n) is 10.9. The van der Waals surface area contributed by atoms with Crippen LogP contribution in [0.4, 0.5) is 11.6 Å². The summed E-state index contributed by atoms with van der Waals surface area (Å²) in [7, 11) is 3.95. The fraction of sp³-hybridized carbons (Fsp3) is 0.355. The number of H-pyrrole nitrogens is 1. The van der Waals surface area contributed by atoms with Gasteiger partial charge in [-0.2, -0.15) is 5.26 Å². The van der Waals surface area contributed by atoms with E-state index >= 15 is 0 Å². The van der Waals surface area contributed by atoms with Gasteiger partial charge in [-0.3, -0.25) is 9.59 Å². The Balaban J connectivity index is 1.18. The van der Waals surface area contributed by atoms with E-state index in [0.717, 1.165) is 48.7 Å². The number of nitriles is 1. The number of nitrogens with zero attached hydrogens (tertiary/aromatic N) is 5. The first kappa shape index (κ1) is 28.7. The molecule has 4 N–H and O–H groups in total. The molecule has 11 heteroatoms. The van der Waals surface area contributed by atoms with E-state index in [1.165, 1.54) is 6.20 Å². The van der Waals surface area contributed by atoms with Crippen molar-refractivity contribution in [2.45, 2.75) is 50.6 Å². The van der Waals surface area contributed by atoms with E-state index in [4.69, 9.17) is 4.98 Å². The summed E-state index contributed by atoms with van der Waals surface area (Å²) >= 11 is 0. The normalized spacial score (nSPS) is 16.6. The van der Waals surface area contributed by atoms with Gasteiger partial charge in [0.1, 0.15) is 11.8 Å². The third-order valence-corrected chi connectivity index (χ3v) is 7.39. The van der Waals surface area contributed by atoms with Crippen LogP contribution in [0.25, 0.3) is 22.2 Å². The molecule has 1 saturated carbocycles. The molecule has 42 heavy (non-hydrogen) atoms. The Morgan fingerprint density at radius 3 is 2.71 bits per heavy atom. The van der Waals surface area contributed by atoms with Crippen molar-refractivity contribution < 1.29 is 9.59 Å². The number of carbonyl (C=O) groups is 2. The van der Waals surface area contributed by atoms with E-state index in [2.05, 4.69) is 37.0 Å². The standard InChI is InChI=1S/C31H35N9O2/c1-40(2)14-6-11-28(41)36-23-12-13-27(33-18-23)30(42)37-21-7-5-8-22(15-21)38-31-35-17-20(16-32)29(39-31)25-19-34-26-10-4-3-9-24(25)26/h3-4,9-10,12-13,17-19,21-22,34H,5-8,11,14-15H2,1-2H3,(H,36,41)(H,37,42)(H,35,38,39)/t21-,22+/m0/s1. The Kier molecular flexibility index (Phi) is 9.04. The molecule has 0 unspecified atom stereocenters. The van der Waals surface area contributed by atoms with Crippen molar-refractivity contribution in [2.75, 3.05) is 31.3 Å². The average molecular weight is 566 g/mol. The number of nitrogens with one attached hydrogen (secondary N) is 4. The number of aromatic amines is 1. The lowest BCUT2D eigenvalue weighted by Crippen LogP contribution is -2.42. The summed E-state index contributed by atoms with van der Waals surface area (Å²) in [5, 5.41) is 20.0. The largest absolute Gasteiger partial charge is 0.360 e. The highest BCUT2D eigenvalue weighted by Crippen LogP contribution is 2.30. The number of pyridine rings is 1. The maximum atomic E-state index is 12.9. The summed E-state index contributed by atoms with van der Waals surface area (Å²) < 4.78 is 0. The lowest BCUT2D eigenvalue weighted by atomic mass is 9.91. The van der Waals surface area contributed by atoms with Crippen LogP contribution in [0.5, 0.6) is 0 Å². The van der Waals surface area contributed by atoms with Crippen molar-refractivity contribution in [1.29, 1.82) is 5.26 Å². The molecule has 1 aromatic carbocycles. The highest BCUT2D eigenvalue weighted by molar-refractivity contribution is 5.96. The number of aromatic nitrogens is 4. The molecule has 2 atom stereocenters. The van der Waals surface area contributed by atoms with E-state index in [0.29, 0.717) is 41.4 Å². The van der Waals surface area contributed by atoms with Crippen LogP contribution in [0.1, 0.15) is 54.6 Å². The molecule has 3 heterocycles. The molecular weight excluding hydrogens is 530 g/mol. The second-order valence-corrected chi connectivity index (χ2v) is 10.9. The Hall–Kier alpha value is -4.82. The molecule has 5 rings (SSSR count). The number of amides is 2. The number of carbonyl (C=O) groups excluding carboxylic acids is 2. The van der Waals surface area contributed by atoms with Gasteiger partial charge in [-0.25, -0.2) is 15.0 Å². The van der Waals surface area contributed by atoms with Crippen LogP contribution in [0.15, 0.2) is 55.0 Å². The summed E-state index contributed by atoms with van der Waals surface area (Å²) in [6, 6.07) is 13.5. The molecular formula is C31H35N9O2. The summed E-state index contributed by atoms with van der Waals surface area (Å²) in [6.45, 7) is 0.842. The Morgan fingerprint density at radius 1 is 1.10 bits per heavy atom. The minimum atomic E-state index is -0.249. The molecule has 0 radical (unpaired) electrons. The Morgan fingerprint density at radius 2 is 1.93 bits per heavy atom. The minimum absolute atomic E-state index is 0.0342. The third-order valence-electron chi connectivity index (χ3n) is 7.39. The Labute approximate surface area is 244 Å². The summed E-state index contributed by atoms with van der Waals surface area (Å²) in [6.07, 6.45) is 9.54. The number of rotatable bonds is 10. The van der Waals surface area contributed by atoms with Gasteiger partial charge in [0.25, 0.3) is 5.91 Å². The van der Waals surface area contributed by atoms with E-state index in [1.54, 1.807) is 18.3 Å². The predicted molar refractivity (Wildman–Crippen MR) is 162 cm³/mol. The summed E-state index contributed by atoms with van der Waals surface area (Å²) in [4.78, 5) is 43.7. The first-order valence-corrected chi connectivity index (χ1v) is 14.2. The van der Waals surface area contributed by atoms with Crippen LogP contribution < -0.4 is 16.0 Å². The number of para-hydroxylation sites is 1. The van der Waals surface area contributed by atoms with Gasteiger partial charge in [-0.15, -0.1) is 0 Å². The van der Waals surface area contributed by atoms with Crippen LogP contribution in [-0.4, -0.2) is 69.4 Å². The molecule has 11 nitrogen and oxygen atoms in total. The van der Waals surface area contributed by atoms with Crippen LogP contribution >= 0.6 is 0 Å². The van der Waals surface area contributed by atoms with Gasteiger partial charge in [0.2, 0.25) is 11.9 Å². The first-order chi connectivity index (χ1) is 20.4. The smallest absolute Gasteiger partial charge is 0.270 e. The summed E-state index contributed by atoms with van der Waals surface area (Å²) in [5.41, 5.74) is 3.67. The predicted octanol–water partition coefficient (Wildman–Crippen LogP) is 4.32. The molecule has 0 spiro atoms. The van der Waals surface area contributed by atoms with Gasteiger partial charge < -0.3 is 25.8 Å². The van der Waals surface area contributed by atoms with Crippen LogP contribution in [0.2, 0.25) is 0 Å². The maximum Gasteiger partial charge on any atom is 0.270 e. The molecule has 1 aliphatic rings. The van der Waals surface area contributed by atoms with Gasteiger partial charge in [-0.1, -0.05) is 18.2 Å². The van der Waals surface area contributed by atoms with E-state index in [-0.39, 0.29) is 23.9 Å². The summed E-state index contributed by atoms with van der Waals surface area (Å²) in [5.74, 6) is 0.129.